The summed E-state index contributed by atoms with van der Waals surface area (Å²) in [6.07, 6.45) is 1.38. The Morgan fingerprint density at radius 1 is 0.844 bits per heavy atom. The molecule has 0 saturated heterocycles. The Morgan fingerprint density at radius 3 is 2.03 bits per heavy atom. The zero-order chi connectivity index (χ0) is 23.1. The molecule has 2 amide bonds. The first-order valence-corrected chi connectivity index (χ1v) is 9.31. The number of carboxylic acid groups (broad SMARTS) is 1. The maximum Gasteiger partial charge on any atom is 0.335 e. The fraction of sp³-hybridized carbons (Fsp3) is 0. The van der Waals surface area contributed by atoms with Gasteiger partial charge in [0.05, 0.1) is 10.5 Å². The highest BCUT2D eigenvalue weighted by Gasteiger charge is 2.16. The summed E-state index contributed by atoms with van der Waals surface area (Å²) in [4.78, 5) is 46.7. The molecular weight excluding hydrogens is 414 g/mol. The van der Waals surface area contributed by atoms with Crippen LogP contribution in [0.25, 0.3) is 6.08 Å². The molecule has 3 N–H and O–H groups in total. The summed E-state index contributed by atoms with van der Waals surface area (Å²) in [6, 6.07) is 19.2. The van der Waals surface area contributed by atoms with Crippen molar-refractivity contribution in [3.8, 4) is 0 Å². The van der Waals surface area contributed by atoms with Crippen molar-refractivity contribution in [1.82, 2.24) is 5.32 Å². The molecular formula is C23H17N3O6. The minimum Gasteiger partial charge on any atom is -0.478 e. The van der Waals surface area contributed by atoms with Gasteiger partial charge in [-0.2, -0.15) is 0 Å². The van der Waals surface area contributed by atoms with E-state index in [0.717, 1.165) is 0 Å². The van der Waals surface area contributed by atoms with Crippen LogP contribution in [0.4, 0.5) is 11.4 Å². The van der Waals surface area contributed by atoms with E-state index < -0.39 is 22.7 Å². The quantitative estimate of drug-likeness (QED) is 0.296. The minimum absolute atomic E-state index is 0.0574. The number of hydrogen-bond donors (Lipinski definition) is 3. The highest BCUT2D eigenvalue weighted by Crippen LogP contribution is 2.16. The lowest BCUT2D eigenvalue weighted by atomic mass is 10.1. The predicted molar refractivity (Wildman–Crippen MR) is 117 cm³/mol. The van der Waals surface area contributed by atoms with E-state index in [1.165, 1.54) is 54.6 Å². The molecule has 0 heterocycles. The van der Waals surface area contributed by atoms with Crippen LogP contribution in [0, 0.1) is 10.1 Å². The van der Waals surface area contributed by atoms with Crippen LogP contribution in [-0.4, -0.2) is 27.8 Å². The lowest BCUT2D eigenvalue weighted by Crippen LogP contribution is -2.30. The van der Waals surface area contributed by atoms with Crippen LogP contribution in [0.2, 0.25) is 0 Å². The Kier molecular flexibility index (Phi) is 6.72. The van der Waals surface area contributed by atoms with E-state index in [1.807, 2.05) is 0 Å². The number of carbonyl (C=O) groups excluding carboxylic acids is 2. The van der Waals surface area contributed by atoms with Gasteiger partial charge >= 0.3 is 5.97 Å². The molecule has 9 nitrogen and oxygen atoms in total. The molecule has 0 unspecified atom stereocenters. The maximum atomic E-state index is 12.9. The van der Waals surface area contributed by atoms with Crippen LogP contribution in [0.1, 0.15) is 26.3 Å². The topological polar surface area (TPSA) is 139 Å². The average Bonchev–Trinajstić information content (AvgIpc) is 2.79. The summed E-state index contributed by atoms with van der Waals surface area (Å²) in [5, 5.41) is 25.0. The fourth-order valence-electron chi connectivity index (χ4n) is 2.70. The first-order chi connectivity index (χ1) is 15.3. The standard InChI is InChI=1S/C23H17N3O6/c27-21(16-4-2-1-3-5-16)25-20(14-15-6-12-19(13-7-15)26(31)32)22(28)24-18-10-8-17(9-11-18)23(29)30/h1-14H,(H,24,28)(H,25,27)(H,29,30)/b20-14+. The molecule has 3 aromatic carbocycles. The average molecular weight is 431 g/mol. The number of aromatic carboxylic acids is 1. The van der Waals surface area contributed by atoms with Gasteiger partial charge in [0.2, 0.25) is 0 Å². The lowest BCUT2D eigenvalue weighted by Gasteiger charge is -2.11. The second-order valence-electron chi connectivity index (χ2n) is 6.56. The summed E-state index contributed by atoms with van der Waals surface area (Å²) in [7, 11) is 0. The first kappa shape index (κ1) is 21.9. The number of rotatable bonds is 7. The van der Waals surface area contributed by atoms with Crippen LogP contribution in [-0.2, 0) is 4.79 Å². The molecule has 160 valence electrons. The van der Waals surface area contributed by atoms with E-state index in [1.54, 1.807) is 30.3 Å². The number of amides is 2. The van der Waals surface area contributed by atoms with Crippen LogP contribution >= 0.6 is 0 Å². The van der Waals surface area contributed by atoms with Crippen LogP contribution in [0.15, 0.2) is 84.6 Å². The highest BCUT2D eigenvalue weighted by atomic mass is 16.6. The maximum absolute atomic E-state index is 12.9. The molecule has 32 heavy (non-hydrogen) atoms. The summed E-state index contributed by atoms with van der Waals surface area (Å²) in [5.74, 6) is -2.28. The van der Waals surface area contributed by atoms with Crippen molar-refractivity contribution in [1.29, 1.82) is 0 Å². The van der Waals surface area contributed by atoms with Gasteiger partial charge in [0.1, 0.15) is 5.70 Å². The van der Waals surface area contributed by atoms with E-state index in [4.69, 9.17) is 5.11 Å². The molecule has 0 bridgehead atoms. The van der Waals surface area contributed by atoms with Gasteiger partial charge in [-0.1, -0.05) is 18.2 Å². The van der Waals surface area contributed by atoms with Gasteiger partial charge in [0.15, 0.2) is 0 Å². The van der Waals surface area contributed by atoms with Gasteiger partial charge in [0, 0.05) is 23.4 Å². The first-order valence-electron chi connectivity index (χ1n) is 9.31. The third kappa shape index (κ3) is 5.63. The minimum atomic E-state index is -1.10. The van der Waals surface area contributed by atoms with Crippen molar-refractivity contribution in [3.05, 3.63) is 111 Å². The molecule has 0 aliphatic carbocycles. The van der Waals surface area contributed by atoms with E-state index in [9.17, 15) is 24.5 Å². The Balaban J connectivity index is 1.87. The number of carboxylic acids is 1. The van der Waals surface area contributed by atoms with Gasteiger partial charge in [-0.25, -0.2) is 4.79 Å². The van der Waals surface area contributed by atoms with Crippen molar-refractivity contribution in [2.45, 2.75) is 0 Å². The molecule has 0 saturated carbocycles. The van der Waals surface area contributed by atoms with E-state index in [2.05, 4.69) is 10.6 Å². The fourth-order valence-corrected chi connectivity index (χ4v) is 2.70. The van der Waals surface area contributed by atoms with Crippen molar-refractivity contribution in [3.63, 3.8) is 0 Å². The van der Waals surface area contributed by atoms with Crippen LogP contribution in [0.5, 0.6) is 0 Å². The second kappa shape index (κ2) is 9.81. The molecule has 0 radical (unpaired) electrons. The van der Waals surface area contributed by atoms with Gasteiger partial charge in [-0.05, 0) is 60.2 Å². The summed E-state index contributed by atoms with van der Waals surface area (Å²) in [6.45, 7) is 0. The van der Waals surface area contributed by atoms with E-state index in [0.29, 0.717) is 16.8 Å². The number of nitrogens with one attached hydrogen (secondary N) is 2. The summed E-state index contributed by atoms with van der Waals surface area (Å²) < 4.78 is 0. The number of nitrogens with zero attached hydrogens (tertiary/aromatic N) is 1. The normalized spacial score (nSPS) is 10.8. The second-order valence-corrected chi connectivity index (χ2v) is 6.56. The van der Waals surface area contributed by atoms with Crippen molar-refractivity contribution < 1.29 is 24.4 Å². The largest absolute Gasteiger partial charge is 0.478 e. The predicted octanol–water partition coefficient (Wildman–Crippen LogP) is 3.70. The Hall–Kier alpha value is -4.79. The highest BCUT2D eigenvalue weighted by molar-refractivity contribution is 6.10. The van der Waals surface area contributed by atoms with Gasteiger partial charge in [-0.3, -0.25) is 19.7 Å². The number of non-ortho nitro benzene ring substituents is 1. The zero-order valence-electron chi connectivity index (χ0n) is 16.5. The molecule has 0 aliphatic rings. The molecule has 0 aromatic heterocycles. The van der Waals surface area contributed by atoms with Crippen molar-refractivity contribution in [2.75, 3.05) is 5.32 Å². The summed E-state index contributed by atoms with van der Waals surface area (Å²) >= 11 is 0. The number of carbonyl (C=O) groups is 3. The van der Waals surface area contributed by atoms with Crippen LogP contribution < -0.4 is 10.6 Å². The van der Waals surface area contributed by atoms with E-state index >= 15 is 0 Å². The molecule has 3 aromatic rings. The molecule has 0 aliphatic heterocycles. The lowest BCUT2D eigenvalue weighted by molar-refractivity contribution is -0.384. The van der Waals surface area contributed by atoms with Crippen molar-refractivity contribution >= 4 is 35.2 Å². The summed E-state index contributed by atoms with van der Waals surface area (Å²) in [5.41, 5.74) is 0.955. The monoisotopic (exact) mass is 431 g/mol. The molecule has 3 rings (SSSR count). The Labute approximate surface area is 182 Å². The van der Waals surface area contributed by atoms with Gasteiger partial charge in [-0.15, -0.1) is 0 Å². The third-order valence-electron chi connectivity index (χ3n) is 4.33. The van der Waals surface area contributed by atoms with Gasteiger partial charge < -0.3 is 15.7 Å². The number of nitro benzene ring substituents is 1. The molecule has 9 heteroatoms. The number of nitro groups is 1. The molecule has 0 fully saturated rings. The Morgan fingerprint density at radius 2 is 1.47 bits per heavy atom. The van der Waals surface area contributed by atoms with Crippen molar-refractivity contribution in [2.24, 2.45) is 0 Å². The molecule has 0 atom stereocenters. The SMILES string of the molecule is O=C(Nc1ccc(C(=O)O)cc1)/C(=C\c1ccc([N+](=O)[O-])cc1)NC(=O)c1ccccc1. The smallest absolute Gasteiger partial charge is 0.335 e. The van der Waals surface area contributed by atoms with Gasteiger partial charge in [0.25, 0.3) is 17.5 Å². The number of hydrogen-bond acceptors (Lipinski definition) is 5. The molecule has 0 spiro atoms. The zero-order valence-corrected chi connectivity index (χ0v) is 16.5. The third-order valence-corrected chi connectivity index (χ3v) is 4.33. The Bertz CT molecular complexity index is 1190. The van der Waals surface area contributed by atoms with E-state index in [-0.39, 0.29) is 16.9 Å². The van der Waals surface area contributed by atoms with Crippen LogP contribution in [0.3, 0.4) is 0 Å². The number of anilines is 1. The number of benzene rings is 3.